The molecule has 5 nitrogen and oxygen atoms in total. The van der Waals surface area contributed by atoms with Gasteiger partial charge in [-0.25, -0.2) is 0 Å². The van der Waals surface area contributed by atoms with E-state index in [1.807, 2.05) is 18.7 Å². The first-order valence-corrected chi connectivity index (χ1v) is 6.82. The summed E-state index contributed by atoms with van der Waals surface area (Å²) in [6.07, 6.45) is 3.34. The van der Waals surface area contributed by atoms with E-state index in [1.165, 1.54) is 6.42 Å². The molecule has 1 saturated heterocycles. The van der Waals surface area contributed by atoms with Crippen LogP contribution in [0.2, 0.25) is 0 Å². The fourth-order valence-corrected chi connectivity index (χ4v) is 2.04. The molecule has 5 heteroatoms. The molecule has 0 aliphatic carbocycles. The highest BCUT2D eigenvalue weighted by molar-refractivity contribution is 5.88. The van der Waals surface area contributed by atoms with E-state index >= 15 is 0 Å². The number of likely N-dealkylation sites (tertiary alicyclic amines) is 1. The van der Waals surface area contributed by atoms with E-state index in [-0.39, 0.29) is 24.4 Å². The number of amides is 2. The van der Waals surface area contributed by atoms with Gasteiger partial charge in [0.1, 0.15) is 6.04 Å². The Kier molecular flexibility index (Phi) is 6.12. The highest BCUT2D eigenvalue weighted by Crippen LogP contribution is 2.09. The maximum absolute atomic E-state index is 12.1. The van der Waals surface area contributed by atoms with Crippen LogP contribution in [0.3, 0.4) is 0 Å². The zero-order chi connectivity index (χ0) is 13.5. The Hall–Kier alpha value is -1.10. The van der Waals surface area contributed by atoms with Crippen molar-refractivity contribution in [3.05, 3.63) is 0 Å². The quantitative estimate of drug-likeness (QED) is 0.752. The predicted octanol–water partition coefficient (Wildman–Crippen LogP) is 0.502. The lowest BCUT2D eigenvalue weighted by molar-refractivity contribution is -0.136. The van der Waals surface area contributed by atoms with Gasteiger partial charge in [-0.1, -0.05) is 13.8 Å². The van der Waals surface area contributed by atoms with Crippen molar-refractivity contribution < 1.29 is 9.59 Å². The molecule has 0 spiro atoms. The Morgan fingerprint density at radius 2 is 1.72 bits per heavy atom. The Balaban J connectivity index is 2.32. The summed E-state index contributed by atoms with van der Waals surface area (Å²) in [5.74, 6) is -0.0887. The third-order valence-corrected chi connectivity index (χ3v) is 3.09. The van der Waals surface area contributed by atoms with Crippen molar-refractivity contribution in [2.75, 3.05) is 19.6 Å². The molecule has 18 heavy (non-hydrogen) atoms. The number of nitrogens with one attached hydrogen (secondary N) is 2. The van der Waals surface area contributed by atoms with Gasteiger partial charge in [0.05, 0.1) is 6.54 Å². The van der Waals surface area contributed by atoms with Crippen LogP contribution in [0, 0.1) is 0 Å². The molecule has 1 heterocycles. The highest BCUT2D eigenvalue weighted by atomic mass is 16.2. The van der Waals surface area contributed by atoms with Crippen LogP contribution in [-0.2, 0) is 9.59 Å². The van der Waals surface area contributed by atoms with Crippen LogP contribution < -0.4 is 10.6 Å². The Labute approximate surface area is 109 Å². The number of carbonyl (C=O) groups is 2. The van der Waals surface area contributed by atoms with Crippen molar-refractivity contribution in [3.8, 4) is 0 Å². The van der Waals surface area contributed by atoms with Gasteiger partial charge in [0.15, 0.2) is 0 Å². The van der Waals surface area contributed by atoms with Crippen LogP contribution in [0.5, 0.6) is 0 Å². The average molecular weight is 255 g/mol. The maximum Gasteiger partial charge on any atom is 0.244 e. The van der Waals surface area contributed by atoms with Gasteiger partial charge in [0.25, 0.3) is 0 Å². The van der Waals surface area contributed by atoms with Crippen molar-refractivity contribution >= 4 is 11.8 Å². The second-order valence-corrected chi connectivity index (χ2v) is 5.21. The topological polar surface area (TPSA) is 61.4 Å². The van der Waals surface area contributed by atoms with Crippen LogP contribution in [0.4, 0.5) is 0 Å². The largest absolute Gasteiger partial charge is 0.343 e. The molecule has 0 aromatic rings. The molecule has 2 N–H and O–H groups in total. The van der Waals surface area contributed by atoms with Crippen molar-refractivity contribution in [3.63, 3.8) is 0 Å². The summed E-state index contributed by atoms with van der Waals surface area (Å²) in [4.78, 5) is 25.5. The first kappa shape index (κ1) is 15.0. The first-order chi connectivity index (χ1) is 8.50. The average Bonchev–Trinajstić information content (AvgIpc) is 2.36. The second-order valence-electron chi connectivity index (χ2n) is 5.21. The van der Waals surface area contributed by atoms with Crippen LogP contribution in [0.15, 0.2) is 0 Å². The molecule has 0 radical (unpaired) electrons. The van der Waals surface area contributed by atoms with Gasteiger partial charge in [0, 0.05) is 19.1 Å². The first-order valence-electron chi connectivity index (χ1n) is 6.82. The van der Waals surface area contributed by atoms with Gasteiger partial charge >= 0.3 is 0 Å². The molecule has 0 aromatic carbocycles. The Morgan fingerprint density at radius 3 is 2.28 bits per heavy atom. The molecule has 2 amide bonds. The minimum Gasteiger partial charge on any atom is -0.343 e. The number of piperidine rings is 1. The van der Waals surface area contributed by atoms with Gasteiger partial charge in [0.2, 0.25) is 11.8 Å². The fraction of sp³-hybridized carbons (Fsp3) is 0.846. The minimum atomic E-state index is -0.426. The van der Waals surface area contributed by atoms with Crippen molar-refractivity contribution in [2.45, 2.75) is 52.1 Å². The summed E-state index contributed by atoms with van der Waals surface area (Å²) in [6, 6.07) is -0.159. The molecule has 1 fully saturated rings. The monoisotopic (exact) mass is 255 g/mol. The van der Waals surface area contributed by atoms with Crippen LogP contribution in [-0.4, -0.2) is 48.4 Å². The van der Waals surface area contributed by atoms with E-state index < -0.39 is 6.04 Å². The lowest BCUT2D eigenvalue weighted by Crippen LogP contribution is -2.50. The molecule has 1 atom stereocenters. The highest BCUT2D eigenvalue weighted by Gasteiger charge is 2.23. The molecule has 0 aromatic heterocycles. The van der Waals surface area contributed by atoms with Crippen molar-refractivity contribution in [1.82, 2.24) is 15.5 Å². The zero-order valence-electron chi connectivity index (χ0n) is 11.7. The Morgan fingerprint density at radius 1 is 1.11 bits per heavy atom. The van der Waals surface area contributed by atoms with E-state index in [9.17, 15) is 9.59 Å². The third kappa shape index (κ3) is 5.04. The van der Waals surface area contributed by atoms with E-state index in [4.69, 9.17) is 0 Å². The summed E-state index contributed by atoms with van der Waals surface area (Å²) >= 11 is 0. The predicted molar refractivity (Wildman–Crippen MR) is 71.2 cm³/mol. The third-order valence-electron chi connectivity index (χ3n) is 3.09. The molecule has 1 aliphatic heterocycles. The molecular weight excluding hydrogens is 230 g/mol. The molecule has 104 valence electrons. The summed E-state index contributed by atoms with van der Waals surface area (Å²) < 4.78 is 0. The number of hydrogen-bond acceptors (Lipinski definition) is 3. The molecule has 1 aliphatic rings. The van der Waals surface area contributed by atoms with Crippen LogP contribution in [0.1, 0.15) is 40.0 Å². The second kappa shape index (κ2) is 7.36. The standard InChI is InChI=1S/C13H25N3O2/c1-10(2)14-9-12(17)15-11(3)13(18)16-7-5-4-6-8-16/h10-11,14H,4-9H2,1-3H3,(H,15,17). The van der Waals surface area contributed by atoms with Gasteiger partial charge in [-0.3, -0.25) is 9.59 Å². The minimum absolute atomic E-state index is 0.0348. The summed E-state index contributed by atoms with van der Waals surface area (Å²) in [5, 5.41) is 5.77. The van der Waals surface area contributed by atoms with Gasteiger partial charge in [-0.15, -0.1) is 0 Å². The maximum atomic E-state index is 12.1. The number of rotatable bonds is 5. The number of nitrogens with zero attached hydrogens (tertiary/aromatic N) is 1. The number of hydrogen-bond donors (Lipinski definition) is 2. The molecule has 0 saturated carbocycles. The van der Waals surface area contributed by atoms with Crippen LogP contribution in [0.25, 0.3) is 0 Å². The molecule has 1 rings (SSSR count). The van der Waals surface area contributed by atoms with E-state index in [0.717, 1.165) is 25.9 Å². The smallest absolute Gasteiger partial charge is 0.244 e. The summed E-state index contributed by atoms with van der Waals surface area (Å²) in [7, 11) is 0. The number of carbonyl (C=O) groups excluding carboxylic acids is 2. The van der Waals surface area contributed by atoms with E-state index in [2.05, 4.69) is 10.6 Å². The van der Waals surface area contributed by atoms with E-state index in [0.29, 0.717) is 0 Å². The van der Waals surface area contributed by atoms with Gasteiger partial charge in [-0.05, 0) is 26.2 Å². The zero-order valence-corrected chi connectivity index (χ0v) is 11.7. The normalized spacial score (nSPS) is 17.7. The lowest BCUT2D eigenvalue weighted by Gasteiger charge is -2.29. The molecule has 0 bridgehead atoms. The molecule has 1 unspecified atom stereocenters. The Bertz CT molecular complexity index is 286. The summed E-state index contributed by atoms with van der Waals surface area (Å²) in [5.41, 5.74) is 0. The van der Waals surface area contributed by atoms with Crippen molar-refractivity contribution in [2.24, 2.45) is 0 Å². The van der Waals surface area contributed by atoms with Gasteiger partial charge in [-0.2, -0.15) is 0 Å². The lowest BCUT2D eigenvalue weighted by atomic mass is 10.1. The molecular formula is C13H25N3O2. The fourth-order valence-electron chi connectivity index (χ4n) is 2.04. The van der Waals surface area contributed by atoms with Gasteiger partial charge < -0.3 is 15.5 Å². The van der Waals surface area contributed by atoms with E-state index in [1.54, 1.807) is 6.92 Å². The van der Waals surface area contributed by atoms with Crippen molar-refractivity contribution in [1.29, 1.82) is 0 Å². The van der Waals surface area contributed by atoms with Crippen LogP contribution >= 0.6 is 0 Å². The summed E-state index contributed by atoms with van der Waals surface area (Å²) in [6.45, 7) is 7.62. The SMILES string of the molecule is CC(C)NCC(=O)NC(C)C(=O)N1CCCCC1.